The number of Topliss-reactive ketones (excluding diaryl/α,β-unsaturated/α-hetero) is 1. The van der Waals surface area contributed by atoms with Gasteiger partial charge in [-0.05, 0) is 55.5 Å². The van der Waals surface area contributed by atoms with Gasteiger partial charge in [0.15, 0.2) is 17.3 Å². The first-order valence-corrected chi connectivity index (χ1v) is 13.8. The lowest BCUT2D eigenvalue weighted by molar-refractivity contribution is -0.143. The average molecular weight is 649 g/mol. The summed E-state index contributed by atoms with van der Waals surface area (Å²) < 4.78 is 22.4. The van der Waals surface area contributed by atoms with Gasteiger partial charge in [-0.15, -0.1) is 17.0 Å². The molecule has 0 aliphatic carbocycles. The van der Waals surface area contributed by atoms with E-state index in [-0.39, 0.29) is 65.5 Å². The summed E-state index contributed by atoms with van der Waals surface area (Å²) in [6.07, 6.45) is 0.682. The van der Waals surface area contributed by atoms with Crippen LogP contribution in [0.2, 0.25) is 0 Å². The summed E-state index contributed by atoms with van der Waals surface area (Å²) in [6.45, 7) is 10.9. The lowest BCUT2D eigenvalue weighted by Crippen LogP contribution is -2.30. The molecule has 0 saturated heterocycles. The van der Waals surface area contributed by atoms with Crippen molar-refractivity contribution in [1.29, 1.82) is 5.41 Å². The number of amidine groups is 1. The number of hydrogen-bond acceptors (Lipinski definition) is 8. The zero-order valence-corrected chi connectivity index (χ0v) is 27.2. The van der Waals surface area contributed by atoms with Gasteiger partial charge in [0.1, 0.15) is 11.6 Å². The van der Waals surface area contributed by atoms with E-state index in [9.17, 15) is 14.4 Å². The number of amides is 1. The summed E-state index contributed by atoms with van der Waals surface area (Å²) in [5.41, 5.74) is 2.64. The molecule has 1 aliphatic rings. The van der Waals surface area contributed by atoms with Gasteiger partial charge in [-0.2, -0.15) is 0 Å². The van der Waals surface area contributed by atoms with E-state index < -0.39 is 0 Å². The van der Waals surface area contributed by atoms with Gasteiger partial charge in [0.25, 0.3) is 5.91 Å². The third kappa shape index (κ3) is 8.02. The molecule has 0 atom stereocenters. The van der Waals surface area contributed by atoms with E-state index >= 15 is 0 Å². The number of fused-ring (bicyclic) bond motifs is 1. The summed E-state index contributed by atoms with van der Waals surface area (Å²) in [4.78, 5) is 39.4. The highest BCUT2D eigenvalue weighted by Crippen LogP contribution is 2.40. The Kier molecular flexibility index (Phi) is 12.4. The lowest BCUT2D eigenvalue weighted by atomic mass is 9.84. The van der Waals surface area contributed by atoms with E-state index in [4.69, 9.17) is 24.4 Å². The fourth-order valence-electron chi connectivity index (χ4n) is 4.68. The van der Waals surface area contributed by atoms with Crippen LogP contribution in [0.5, 0.6) is 17.2 Å². The van der Waals surface area contributed by atoms with Gasteiger partial charge in [-0.1, -0.05) is 20.8 Å². The van der Waals surface area contributed by atoms with Crippen LogP contribution in [0, 0.1) is 5.41 Å². The molecule has 0 aromatic heterocycles. The Balaban J connectivity index is 0.00000616. The minimum atomic E-state index is -0.354. The molecular weight excluding hydrogens is 606 g/mol. The first-order valence-electron chi connectivity index (χ1n) is 13.8. The third-order valence-corrected chi connectivity index (χ3v) is 6.72. The van der Waals surface area contributed by atoms with Gasteiger partial charge in [-0.25, -0.2) is 0 Å². The van der Waals surface area contributed by atoms with E-state index in [1.54, 1.807) is 44.2 Å². The van der Waals surface area contributed by atoms with E-state index in [0.29, 0.717) is 60.1 Å². The fourth-order valence-corrected chi connectivity index (χ4v) is 4.68. The molecule has 2 aromatic rings. The number of hydrogen-bond donors (Lipinski definition) is 2. The lowest BCUT2D eigenvalue weighted by Gasteiger charge is -2.25. The zero-order chi connectivity index (χ0) is 30.3. The Labute approximate surface area is 258 Å². The Morgan fingerprint density at radius 2 is 1.74 bits per heavy atom. The molecule has 230 valence electrons. The summed E-state index contributed by atoms with van der Waals surface area (Å²) >= 11 is 0. The SMILES string of the molecule is Br.CCOC(=O)CCCOc1cc(C(=O)CN2Cc3cc(OCC)c(C(=O)NC)cc3C2=N)cc(C(C)(C)C)c1OC. The number of carbonyl (C=O) groups excluding carboxylic acids is 3. The Hall–Kier alpha value is -3.60. The molecule has 2 N–H and O–H groups in total. The van der Waals surface area contributed by atoms with Crippen LogP contribution < -0.4 is 19.5 Å². The average Bonchev–Trinajstić information content (AvgIpc) is 3.23. The van der Waals surface area contributed by atoms with Gasteiger partial charge in [-0.3, -0.25) is 19.8 Å². The van der Waals surface area contributed by atoms with Crippen LogP contribution in [0.1, 0.15) is 84.9 Å². The van der Waals surface area contributed by atoms with Crippen LogP contribution in [0.15, 0.2) is 24.3 Å². The molecular formula is C31H42BrN3O7. The van der Waals surface area contributed by atoms with Crippen LogP contribution in [0.4, 0.5) is 0 Å². The molecule has 1 aliphatic heterocycles. The molecule has 0 bridgehead atoms. The van der Waals surface area contributed by atoms with Crippen molar-refractivity contribution < 1.29 is 33.3 Å². The van der Waals surface area contributed by atoms with Gasteiger partial charge in [0.2, 0.25) is 0 Å². The topological polar surface area (TPSA) is 127 Å². The van der Waals surface area contributed by atoms with Crippen molar-refractivity contribution in [3.63, 3.8) is 0 Å². The summed E-state index contributed by atoms with van der Waals surface area (Å²) in [5.74, 6) is 0.792. The van der Waals surface area contributed by atoms with Gasteiger partial charge < -0.3 is 29.2 Å². The highest BCUT2D eigenvalue weighted by atomic mass is 79.9. The summed E-state index contributed by atoms with van der Waals surface area (Å²) in [5, 5.41) is 11.4. The third-order valence-electron chi connectivity index (χ3n) is 6.72. The fraction of sp³-hybridized carbons (Fsp3) is 0.484. The number of rotatable bonds is 13. The van der Waals surface area contributed by atoms with Gasteiger partial charge in [0.05, 0.1) is 39.0 Å². The molecule has 1 heterocycles. The molecule has 0 fully saturated rings. The molecule has 0 radical (unpaired) electrons. The van der Waals surface area contributed by atoms with E-state index in [0.717, 1.165) is 11.1 Å². The standard InChI is InChI=1S/C31H41N3O7.BrH/c1-8-39-25-15-20-17-34(29(32)21(20)16-22(25)30(37)33-6)18-24(35)19-13-23(31(3,4)5)28(38-7)26(14-19)41-12-10-11-27(36)40-9-2;/h13-16,32H,8-12,17-18H2,1-7H3,(H,33,37);1H. The maximum Gasteiger partial charge on any atom is 0.305 e. The second-order valence-electron chi connectivity index (χ2n) is 10.7. The largest absolute Gasteiger partial charge is 0.493 e. The second kappa shape index (κ2) is 15.0. The number of methoxy groups -OCH3 is 1. The minimum absolute atomic E-state index is 0. The number of carbonyl (C=O) groups is 3. The maximum atomic E-state index is 13.6. The Bertz CT molecular complexity index is 1320. The molecule has 42 heavy (non-hydrogen) atoms. The highest BCUT2D eigenvalue weighted by molar-refractivity contribution is 8.93. The van der Waals surface area contributed by atoms with Crippen molar-refractivity contribution in [3.05, 3.63) is 52.1 Å². The van der Waals surface area contributed by atoms with Crippen LogP contribution >= 0.6 is 17.0 Å². The number of halogens is 1. The molecule has 2 aromatic carbocycles. The highest BCUT2D eigenvalue weighted by Gasteiger charge is 2.31. The number of ether oxygens (including phenoxy) is 4. The van der Waals surface area contributed by atoms with Crippen molar-refractivity contribution in [2.24, 2.45) is 0 Å². The molecule has 3 rings (SSSR count). The van der Waals surface area contributed by atoms with Crippen molar-refractivity contribution in [2.75, 3.05) is 40.5 Å². The number of ketones is 1. The molecule has 10 nitrogen and oxygen atoms in total. The maximum absolute atomic E-state index is 13.6. The van der Waals surface area contributed by atoms with E-state index in [2.05, 4.69) is 5.32 Å². The van der Waals surface area contributed by atoms with Gasteiger partial charge in [0, 0.05) is 36.7 Å². The smallest absolute Gasteiger partial charge is 0.305 e. The monoisotopic (exact) mass is 647 g/mol. The van der Waals surface area contributed by atoms with Crippen LogP contribution in [-0.4, -0.2) is 68.9 Å². The zero-order valence-electron chi connectivity index (χ0n) is 25.5. The normalized spacial score (nSPS) is 12.3. The Morgan fingerprint density at radius 1 is 1.02 bits per heavy atom. The number of esters is 1. The molecule has 0 saturated carbocycles. The van der Waals surface area contributed by atoms with Crippen molar-refractivity contribution in [1.82, 2.24) is 10.2 Å². The van der Waals surface area contributed by atoms with Gasteiger partial charge >= 0.3 is 5.97 Å². The predicted octanol–water partition coefficient (Wildman–Crippen LogP) is 5.07. The van der Waals surface area contributed by atoms with Crippen molar-refractivity contribution in [3.8, 4) is 17.2 Å². The number of benzene rings is 2. The predicted molar refractivity (Wildman–Crippen MR) is 166 cm³/mol. The Morgan fingerprint density at radius 3 is 2.33 bits per heavy atom. The number of nitrogens with one attached hydrogen (secondary N) is 2. The van der Waals surface area contributed by atoms with E-state index in [1.165, 1.54) is 0 Å². The van der Waals surface area contributed by atoms with Crippen LogP contribution in [-0.2, 0) is 21.5 Å². The number of nitrogens with zero attached hydrogens (tertiary/aromatic N) is 1. The quantitative estimate of drug-likeness (QED) is 0.175. The first-order chi connectivity index (χ1) is 19.4. The van der Waals surface area contributed by atoms with Crippen molar-refractivity contribution >= 4 is 40.5 Å². The minimum Gasteiger partial charge on any atom is -0.493 e. The first kappa shape index (κ1) is 34.6. The molecule has 0 unspecified atom stereocenters. The summed E-state index contributed by atoms with van der Waals surface area (Å²) in [7, 11) is 3.10. The molecule has 1 amide bonds. The summed E-state index contributed by atoms with van der Waals surface area (Å²) in [6, 6.07) is 6.90. The van der Waals surface area contributed by atoms with Crippen LogP contribution in [0.25, 0.3) is 0 Å². The molecule has 0 spiro atoms. The van der Waals surface area contributed by atoms with Crippen molar-refractivity contribution in [2.45, 2.75) is 59.4 Å². The second-order valence-corrected chi connectivity index (χ2v) is 10.7. The molecule has 11 heteroatoms. The van der Waals surface area contributed by atoms with Crippen LogP contribution in [0.3, 0.4) is 0 Å². The van der Waals surface area contributed by atoms with E-state index in [1.807, 2.05) is 33.8 Å².